The largest absolute Gasteiger partial charge is 0.495 e. The predicted octanol–water partition coefficient (Wildman–Crippen LogP) is 5.12. The molecule has 4 rings (SSSR count). The van der Waals surface area contributed by atoms with Gasteiger partial charge in [-0.1, -0.05) is 17.7 Å². The van der Waals surface area contributed by atoms with Gasteiger partial charge in [-0.3, -0.25) is 4.40 Å². The quantitative estimate of drug-likeness (QED) is 0.639. The minimum atomic E-state index is 0.613. The SMILES string of the molecule is COc1ccc(N2CSC=C2c2c(C)nc3ccc(C)cn23)cc1Cl. The van der Waals surface area contributed by atoms with Crippen molar-refractivity contribution in [2.45, 2.75) is 13.8 Å². The summed E-state index contributed by atoms with van der Waals surface area (Å²) in [5.41, 5.74) is 6.49. The molecule has 0 saturated carbocycles. The molecule has 1 aromatic carbocycles. The number of imidazole rings is 1. The summed E-state index contributed by atoms with van der Waals surface area (Å²) >= 11 is 8.10. The smallest absolute Gasteiger partial charge is 0.137 e. The number of halogens is 1. The van der Waals surface area contributed by atoms with Crippen molar-refractivity contribution in [2.24, 2.45) is 0 Å². The molecule has 0 spiro atoms. The van der Waals surface area contributed by atoms with E-state index in [1.807, 2.05) is 18.2 Å². The standard InChI is InChI=1S/C19H18ClN3OS/c1-12-4-7-18-21-13(2)19(22(18)9-12)16-10-25-11-23(16)14-5-6-17(24-3)15(20)8-14/h4-10H,11H2,1-3H3. The number of ether oxygens (including phenoxy) is 1. The second kappa shape index (κ2) is 6.32. The average Bonchev–Trinajstić information content (AvgIpc) is 3.17. The van der Waals surface area contributed by atoms with Crippen LogP contribution in [0.5, 0.6) is 5.75 Å². The van der Waals surface area contributed by atoms with Crippen LogP contribution in [0.3, 0.4) is 0 Å². The molecule has 2 aromatic heterocycles. The molecule has 3 heterocycles. The lowest BCUT2D eigenvalue weighted by atomic mass is 10.2. The van der Waals surface area contributed by atoms with Gasteiger partial charge in [-0.25, -0.2) is 4.98 Å². The fraction of sp³-hybridized carbons (Fsp3) is 0.211. The van der Waals surface area contributed by atoms with Gasteiger partial charge in [0.25, 0.3) is 0 Å². The van der Waals surface area contributed by atoms with E-state index in [2.05, 4.69) is 46.9 Å². The van der Waals surface area contributed by atoms with Gasteiger partial charge in [-0.15, -0.1) is 11.8 Å². The van der Waals surface area contributed by atoms with Crippen LogP contribution < -0.4 is 9.64 Å². The van der Waals surface area contributed by atoms with Crippen molar-refractivity contribution in [3.8, 4) is 5.75 Å². The van der Waals surface area contributed by atoms with E-state index in [1.165, 1.54) is 5.56 Å². The van der Waals surface area contributed by atoms with Crippen molar-refractivity contribution in [1.29, 1.82) is 0 Å². The van der Waals surface area contributed by atoms with E-state index in [4.69, 9.17) is 21.3 Å². The molecule has 0 radical (unpaired) electrons. The minimum Gasteiger partial charge on any atom is -0.495 e. The highest BCUT2D eigenvalue weighted by atomic mass is 35.5. The zero-order valence-electron chi connectivity index (χ0n) is 14.3. The third kappa shape index (κ3) is 2.77. The molecule has 0 fully saturated rings. The normalized spacial score (nSPS) is 14.2. The van der Waals surface area contributed by atoms with Crippen molar-refractivity contribution < 1.29 is 4.74 Å². The van der Waals surface area contributed by atoms with Gasteiger partial charge in [0.2, 0.25) is 0 Å². The third-order valence-corrected chi connectivity index (χ3v) is 5.41. The molecule has 25 heavy (non-hydrogen) atoms. The maximum atomic E-state index is 6.33. The number of pyridine rings is 1. The van der Waals surface area contributed by atoms with Crippen molar-refractivity contribution >= 4 is 40.4 Å². The van der Waals surface area contributed by atoms with Gasteiger partial charge in [0.1, 0.15) is 11.4 Å². The molecule has 1 aliphatic rings. The first-order valence-electron chi connectivity index (χ1n) is 7.97. The highest BCUT2D eigenvalue weighted by Crippen LogP contribution is 2.39. The summed E-state index contributed by atoms with van der Waals surface area (Å²) in [6, 6.07) is 10.0. The number of fused-ring (bicyclic) bond motifs is 1. The van der Waals surface area contributed by atoms with Crippen molar-refractivity contribution in [3.63, 3.8) is 0 Å². The lowest BCUT2D eigenvalue weighted by Crippen LogP contribution is -2.18. The first kappa shape index (κ1) is 16.4. The molecular formula is C19H18ClN3OS. The van der Waals surface area contributed by atoms with Gasteiger partial charge in [0, 0.05) is 11.9 Å². The molecule has 0 N–H and O–H groups in total. The monoisotopic (exact) mass is 371 g/mol. The summed E-state index contributed by atoms with van der Waals surface area (Å²) in [6.07, 6.45) is 2.13. The van der Waals surface area contributed by atoms with Crippen LogP contribution in [0.15, 0.2) is 41.9 Å². The van der Waals surface area contributed by atoms with Crippen LogP contribution in [0.4, 0.5) is 5.69 Å². The predicted molar refractivity (Wildman–Crippen MR) is 106 cm³/mol. The van der Waals surface area contributed by atoms with E-state index < -0.39 is 0 Å². The Balaban J connectivity index is 1.82. The molecule has 4 nitrogen and oxygen atoms in total. The van der Waals surface area contributed by atoms with Gasteiger partial charge in [0.05, 0.1) is 35.1 Å². The van der Waals surface area contributed by atoms with E-state index >= 15 is 0 Å². The lowest BCUT2D eigenvalue weighted by Gasteiger charge is -2.22. The summed E-state index contributed by atoms with van der Waals surface area (Å²) in [7, 11) is 1.63. The Labute approximate surface area is 156 Å². The fourth-order valence-corrected chi connectivity index (χ4v) is 4.28. The number of hydrogen-bond donors (Lipinski definition) is 0. The lowest BCUT2D eigenvalue weighted by molar-refractivity contribution is 0.415. The van der Waals surface area contributed by atoms with Gasteiger partial charge in [0.15, 0.2) is 0 Å². The number of nitrogens with zero attached hydrogens (tertiary/aromatic N) is 3. The molecule has 6 heteroatoms. The van der Waals surface area contributed by atoms with E-state index in [9.17, 15) is 0 Å². The van der Waals surface area contributed by atoms with Crippen LogP contribution >= 0.6 is 23.4 Å². The van der Waals surface area contributed by atoms with Crippen molar-refractivity contribution in [1.82, 2.24) is 9.38 Å². The highest BCUT2D eigenvalue weighted by Gasteiger charge is 2.24. The minimum absolute atomic E-state index is 0.613. The number of aryl methyl sites for hydroxylation is 2. The molecule has 0 saturated heterocycles. The summed E-state index contributed by atoms with van der Waals surface area (Å²) in [6.45, 7) is 4.15. The van der Waals surface area contributed by atoms with Crippen LogP contribution in [-0.4, -0.2) is 22.4 Å². The zero-order valence-corrected chi connectivity index (χ0v) is 15.9. The van der Waals surface area contributed by atoms with Gasteiger partial charge < -0.3 is 9.64 Å². The maximum absolute atomic E-state index is 6.33. The van der Waals surface area contributed by atoms with E-state index in [1.54, 1.807) is 18.9 Å². The number of hydrogen-bond acceptors (Lipinski definition) is 4. The van der Waals surface area contributed by atoms with Crippen LogP contribution in [0.1, 0.15) is 17.0 Å². The number of rotatable bonds is 3. The number of benzene rings is 1. The van der Waals surface area contributed by atoms with E-state index in [-0.39, 0.29) is 0 Å². The zero-order chi connectivity index (χ0) is 17.6. The van der Waals surface area contributed by atoms with Crippen molar-refractivity contribution in [3.05, 3.63) is 63.9 Å². The summed E-state index contributed by atoms with van der Waals surface area (Å²) in [4.78, 5) is 6.97. The molecule has 3 aromatic rings. The average molecular weight is 372 g/mol. The molecule has 128 valence electrons. The van der Waals surface area contributed by atoms with Crippen LogP contribution in [0.2, 0.25) is 5.02 Å². The Morgan fingerprint density at radius 1 is 1.20 bits per heavy atom. The maximum Gasteiger partial charge on any atom is 0.137 e. The Bertz CT molecular complexity index is 996. The summed E-state index contributed by atoms with van der Waals surface area (Å²) in [5, 5.41) is 2.80. The Morgan fingerprint density at radius 2 is 2.04 bits per heavy atom. The van der Waals surface area contributed by atoms with Crippen LogP contribution in [0.25, 0.3) is 11.3 Å². The molecule has 0 atom stereocenters. The Kier molecular flexibility index (Phi) is 4.13. The first-order chi connectivity index (χ1) is 12.1. The van der Waals surface area contributed by atoms with Gasteiger partial charge in [-0.2, -0.15) is 0 Å². The van der Waals surface area contributed by atoms with Crippen LogP contribution in [0, 0.1) is 13.8 Å². The molecule has 0 unspecified atom stereocenters. The van der Waals surface area contributed by atoms with Crippen molar-refractivity contribution in [2.75, 3.05) is 17.9 Å². The number of methoxy groups -OCH3 is 1. The first-order valence-corrected chi connectivity index (χ1v) is 9.39. The molecule has 0 aliphatic carbocycles. The molecule has 0 amide bonds. The number of aromatic nitrogens is 2. The number of thioether (sulfide) groups is 1. The number of anilines is 1. The Morgan fingerprint density at radius 3 is 2.80 bits per heavy atom. The van der Waals surface area contributed by atoms with Gasteiger partial charge >= 0.3 is 0 Å². The van der Waals surface area contributed by atoms with Gasteiger partial charge in [-0.05, 0) is 49.1 Å². The topological polar surface area (TPSA) is 29.8 Å². The van der Waals surface area contributed by atoms with E-state index in [0.717, 1.165) is 34.3 Å². The fourth-order valence-electron chi connectivity index (χ4n) is 3.12. The molecule has 0 bridgehead atoms. The summed E-state index contributed by atoms with van der Waals surface area (Å²) < 4.78 is 7.43. The van der Waals surface area contributed by atoms with E-state index in [0.29, 0.717) is 10.8 Å². The Hall–Kier alpha value is -2.11. The summed E-state index contributed by atoms with van der Waals surface area (Å²) in [5.74, 6) is 1.53. The molecule has 1 aliphatic heterocycles. The second-order valence-electron chi connectivity index (χ2n) is 6.03. The second-order valence-corrected chi connectivity index (χ2v) is 7.26. The van der Waals surface area contributed by atoms with Crippen LogP contribution in [-0.2, 0) is 0 Å². The molecular weight excluding hydrogens is 354 g/mol. The third-order valence-electron chi connectivity index (χ3n) is 4.32. The highest BCUT2D eigenvalue weighted by molar-refractivity contribution is 8.02.